The SMILES string of the molecule is C=C1CCC2OC2(C)C(O)CC(C(=C)C)CC1O. The van der Waals surface area contributed by atoms with E-state index in [-0.39, 0.29) is 12.0 Å². The number of ether oxygens (including phenoxy) is 1. The van der Waals surface area contributed by atoms with E-state index < -0.39 is 17.8 Å². The molecule has 0 spiro atoms. The molecular formula is C15H24O3. The van der Waals surface area contributed by atoms with Crippen LogP contribution in [-0.2, 0) is 4.74 Å². The van der Waals surface area contributed by atoms with Crippen molar-refractivity contribution >= 4 is 0 Å². The van der Waals surface area contributed by atoms with Gasteiger partial charge in [0.05, 0.1) is 18.3 Å². The van der Waals surface area contributed by atoms with Crippen molar-refractivity contribution in [3.05, 3.63) is 24.3 Å². The van der Waals surface area contributed by atoms with Gasteiger partial charge in [0.25, 0.3) is 0 Å². The van der Waals surface area contributed by atoms with Crippen LogP contribution < -0.4 is 0 Å². The molecule has 1 saturated heterocycles. The van der Waals surface area contributed by atoms with Crippen LogP contribution in [0, 0.1) is 5.92 Å². The van der Waals surface area contributed by atoms with Crippen LogP contribution >= 0.6 is 0 Å². The number of aliphatic hydroxyl groups is 2. The van der Waals surface area contributed by atoms with Crippen LogP contribution in [0.1, 0.15) is 39.5 Å². The Kier molecular flexibility index (Phi) is 3.67. The highest BCUT2D eigenvalue weighted by Gasteiger charge is 2.57. The summed E-state index contributed by atoms with van der Waals surface area (Å²) in [5, 5.41) is 20.4. The third-order valence-corrected chi connectivity index (χ3v) is 4.55. The van der Waals surface area contributed by atoms with Gasteiger partial charge in [0.15, 0.2) is 0 Å². The van der Waals surface area contributed by atoms with Crippen molar-refractivity contribution in [2.75, 3.05) is 0 Å². The molecule has 2 aliphatic rings. The molecule has 5 atom stereocenters. The predicted molar refractivity (Wildman–Crippen MR) is 71.2 cm³/mol. The minimum Gasteiger partial charge on any atom is -0.390 e. The lowest BCUT2D eigenvalue weighted by Gasteiger charge is -2.27. The second kappa shape index (κ2) is 4.80. The van der Waals surface area contributed by atoms with Gasteiger partial charge < -0.3 is 14.9 Å². The molecule has 5 unspecified atom stereocenters. The number of allylic oxidation sites excluding steroid dienone is 1. The fraction of sp³-hybridized carbons (Fsp3) is 0.733. The molecule has 2 rings (SSSR count). The summed E-state index contributed by atoms with van der Waals surface area (Å²) in [5.74, 6) is 0.117. The fourth-order valence-corrected chi connectivity index (χ4v) is 2.83. The van der Waals surface area contributed by atoms with Gasteiger partial charge in [0.2, 0.25) is 0 Å². The molecule has 0 aromatic rings. The van der Waals surface area contributed by atoms with Gasteiger partial charge in [-0.1, -0.05) is 18.7 Å². The Balaban J connectivity index is 2.15. The molecule has 0 bridgehead atoms. The fourth-order valence-electron chi connectivity index (χ4n) is 2.83. The highest BCUT2D eigenvalue weighted by atomic mass is 16.6. The normalized spacial score (nSPS) is 45.2. The highest BCUT2D eigenvalue weighted by Crippen LogP contribution is 2.46. The first-order chi connectivity index (χ1) is 8.34. The summed E-state index contributed by atoms with van der Waals surface area (Å²) in [6.45, 7) is 11.8. The maximum absolute atomic E-state index is 10.3. The molecule has 0 aromatic carbocycles. The average Bonchev–Trinajstić information content (AvgIpc) is 2.96. The second-order valence-corrected chi connectivity index (χ2v) is 6.03. The van der Waals surface area contributed by atoms with E-state index in [4.69, 9.17) is 4.74 Å². The molecule has 102 valence electrons. The topological polar surface area (TPSA) is 53.0 Å². The van der Waals surface area contributed by atoms with E-state index in [0.29, 0.717) is 12.8 Å². The van der Waals surface area contributed by atoms with Crippen LogP contribution in [-0.4, -0.2) is 34.1 Å². The van der Waals surface area contributed by atoms with Crippen molar-refractivity contribution < 1.29 is 14.9 Å². The summed E-state index contributed by atoms with van der Waals surface area (Å²) in [4.78, 5) is 0. The van der Waals surface area contributed by atoms with Crippen molar-refractivity contribution in [3.63, 3.8) is 0 Å². The Labute approximate surface area is 109 Å². The lowest BCUT2D eigenvalue weighted by atomic mass is 9.81. The molecule has 1 aliphatic carbocycles. The van der Waals surface area contributed by atoms with Crippen LogP contribution in [0.25, 0.3) is 0 Å². The van der Waals surface area contributed by atoms with Gasteiger partial charge in [-0.2, -0.15) is 0 Å². The number of fused-ring (bicyclic) bond motifs is 1. The van der Waals surface area contributed by atoms with Crippen molar-refractivity contribution in [3.8, 4) is 0 Å². The van der Waals surface area contributed by atoms with E-state index in [1.54, 1.807) is 0 Å². The van der Waals surface area contributed by atoms with Crippen LogP contribution in [0.4, 0.5) is 0 Å². The van der Waals surface area contributed by atoms with Gasteiger partial charge in [0.1, 0.15) is 5.60 Å². The van der Waals surface area contributed by atoms with Crippen LogP contribution in [0.2, 0.25) is 0 Å². The second-order valence-electron chi connectivity index (χ2n) is 6.03. The largest absolute Gasteiger partial charge is 0.390 e. The molecule has 0 aromatic heterocycles. The minimum absolute atomic E-state index is 0.0975. The van der Waals surface area contributed by atoms with Gasteiger partial charge >= 0.3 is 0 Å². The predicted octanol–water partition coefficient (Wildman–Crippen LogP) is 2.19. The molecule has 3 nitrogen and oxygen atoms in total. The van der Waals surface area contributed by atoms with E-state index in [9.17, 15) is 10.2 Å². The summed E-state index contributed by atoms with van der Waals surface area (Å²) in [5.41, 5.74) is 1.47. The summed E-state index contributed by atoms with van der Waals surface area (Å²) in [7, 11) is 0. The van der Waals surface area contributed by atoms with Gasteiger partial charge in [-0.05, 0) is 51.0 Å². The third kappa shape index (κ3) is 2.53. The first-order valence-corrected chi connectivity index (χ1v) is 6.71. The highest BCUT2D eigenvalue weighted by molar-refractivity contribution is 5.13. The molecule has 1 aliphatic heterocycles. The molecular weight excluding hydrogens is 228 g/mol. The first kappa shape index (κ1) is 13.8. The molecule has 0 amide bonds. The Morgan fingerprint density at radius 2 is 2.06 bits per heavy atom. The average molecular weight is 252 g/mol. The Hall–Kier alpha value is -0.640. The quantitative estimate of drug-likeness (QED) is 0.555. The van der Waals surface area contributed by atoms with Gasteiger partial charge in [-0.25, -0.2) is 0 Å². The molecule has 3 heteroatoms. The van der Waals surface area contributed by atoms with Gasteiger partial charge in [-0.3, -0.25) is 0 Å². The first-order valence-electron chi connectivity index (χ1n) is 6.71. The monoisotopic (exact) mass is 252 g/mol. The zero-order valence-electron chi connectivity index (χ0n) is 11.4. The van der Waals surface area contributed by atoms with Crippen LogP contribution in [0.5, 0.6) is 0 Å². The maximum Gasteiger partial charge on any atom is 0.118 e. The number of hydrogen-bond acceptors (Lipinski definition) is 3. The Bertz CT molecular complexity index is 363. The summed E-state index contributed by atoms with van der Waals surface area (Å²) in [6, 6.07) is 0. The Morgan fingerprint density at radius 1 is 1.39 bits per heavy atom. The van der Waals surface area contributed by atoms with E-state index in [1.807, 2.05) is 13.8 Å². The van der Waals surface area contributed by atoms with Gasteiger partial charge in [0, 0.05) is 0 Å². The van der Waals surface area contributed by atoms with Crippen LogP contribution in [0.3, 0.4) is 0 Å². The van der Waals surface area contributed by atoms with Gasteiger partial charge in [-0.15, -0.1) is 0 Å². The zero-order valence-corrected chi connectivity index (χ0v) is 11.4. The maximum atomic E-state index is 10.3. The minimum atomic E-state index is -0.498. The third-order valence-electron chi connectivity index (χ3n) is 4.55. The zero-order chi connectivity index (χ0) is 13.5. The van der Waals surface area contributed by atoms with Crippen molar-refractivity contribution in [1.29, 1.82) is 0 Å². The van der Waals surface area contributed by atoms with E-state index >= 15 is 0 Å². The molecule has 1 saturated carbocycles. The van der Waals surface area contributed by atoms with E-state index in [2.05, 4.69) is 13.2 Å². The number of epoxide rings is 1. The summed E-state index contributed by atoms with van der Waals surface area (Å²) >= 11 is 0. The summed E-state index contributed by atoms with van der Waals surface area (Å²) < 4.78 is 5.66. The van der Waals surface area contributed by atoms with Crippen molar-refractivity contribution in [2.24, 2.45) is 5.92 Å². The molecule has 18 heavy (non-hydrogen) atoms. The van der Waals surface area contributed by atoms with E-state index in [1.165, 1.54) is 0 Å². The lowest BCUT2D eigenvalue weighted by Crippen LogP contribution is -2.33. The van der Waals surface area contributed by atoms with Crippen molar-refractivity contribution in [2.45, 2.75) is 63.4 Å². The van der Waals surface area contributed by atoms with Crippen LogP contribution in [0.15, 0.2) is 24.3 Å². The number of aliphatic hydroxyl groups excluding tert-OH is 2. The smallest absolute Gasteiger partial charge is 0.118 e. The van der Waals surface area contributed by atoms with E-state index in [0.717, 1.165) is 24.0 Å². The van der Waals surface area contributed by atoms with Crippen molar-refractivity contribution in [1.82, 2.24) is 0 Å². The molecule has 0 radical (unpaired) electrons. The lowest BCUT2D eigenvalue weighted by molar-refractivity contribution is 0.0594. The number of hydrogen-bond donors (Lipinski definition) is 2. The molecule has 2 N–H and O–H groups in total. The molecule has 1 heterocycles. The summed E-state index contributed by atoms with van der Waals surface area (Å²) in [6.07, 6.45) is 1.92. The number of rotatable bonds is 1. The Morgan fingerprint density at radius 3 is 2.67 bits per heavy atom. The molecule has 2 fully saturated rings. The standard InChI is InChI=1S/C15H24O3/c1-9(2)11-7-12(16)10(3)5-6-14-15(4,18-14)13(17)8-11/h11-14,16-17H,1,3,5-8H2,2,4H3.